The van der Waals surface area contributed by atoms with Crippen LogP contribution < -0.4 is 14.8 Å². The van der Waals surface area contributed by atoms with E-state index in [-0.39, 0.29) is 0 Å². The largest absolute Gasteiger partial charge is 0.490 e. The molecule has 1 unspecified atom stereocenters. The van der Waals surface area contributed by atoms with Crippen LogP contribution >= 0.6 is 15.9 Å². The van der Waals surface area contributed by atoms with E-state index < -0.39 is 0 Å². The summed E-state index contributed by atoms with van der Waals surface area (Å²) in [6.07, 6.45) is 4.73. The number of halogens is 1. The highest BCUT2D eigenvalue weighted by molar-refractivity contribution is 9.10. The lowest BCUT2D eigenvalue weighted by Gasteiger charge is -2.25. The number of nitrogens with one attached hydrogen (secondary N) is 1. The van der Waals surface area contributed by atoms with Crippen molar-refractivity contribution in [3.8, 4) is 11.5 Å². The van der Waals surface area contributed by atoms with Crippen LogP contribution in [0.3, 0.4) is 0 Å². The Kier molecular flexibility index (Phi) is 6.37. The van der Waals surface area contributed by atoms with E-state index in [4.69, 9.17) is 9.47 Å². The molecule has 1 aliphatic rings. The SMILES string of the molecule is CCNC1CCCCc2c(Br)cc(OCC)c(OCC)c21. The van der Waals surface area contributed by atoms with Crippen molar-refractivity contribution in [1.29, 1.82) is 0 Å². The van der Waals surface area contributed by atoms with Gasteiger partial charge >= 0.3 is 0 Å². The Morgan fingerprint density at radius 2 is 1.95 bits per heavy atom. The van der Waals surface area contributed by atoms with E-state index in [9.17, 15) is 0 Å². The number of benzene rings is 1. The van der Waals surface area contributed by atoms with Crippen molar-refractivity contribution in [3.05, 3.63) is 21.7 Å². The molecular weight excluding hydrogens is 330 g/mol. The topological polar surface area (TPSA) is 30.5 Å². The molecule has 4 heteroatoms. The fourth-order valence-electron chi connectivity index (χ4n) is 3.09. The van der Waals surface area contributed by atoms with Gasteiger partial charge in [-0.05, 0) is 51.3 Å². The standard InChI is InChI=1S/C17H26BrNO2/c1-4-19-14-10-8-7-9-12-13(18)11-15(20-5-2)17(16(12)14)21-6-3/h11,14,19H,4-10H2,1-3H3. The Bertz CT molecular complexity index is 476. The maximum Gasteiger partial charge on any atom is 0.166 e. The van der Waals surface area contributed by atoms with Crippen LogP contribution in [0.5, 0.6) is 11.5 Å². The molecule has 1 atom stereocenters. The van der Waals surface area contributed by atoms with Gasteiger partial charge in [0.05, 0.1) is 13.2 Å². The molecule has 1 aromatic carbocycles. The average Bonchev–Trinajstić information content (AvgIpc) is 2.67. The summed E-state index contributed by atoms with van der Waals surface area (Å²) in [5.41, 5.74) is 2.68. The smallest absolute Gasteiger partial charge is 0.166 e. The zero-order valence-corrected chi connectivity index (χ0v) is 14.9. The third kappa shape index (κ3) is 3.72. The van der Waals surface area contributed by atoms with Gasteiger partial charge in [-0.3, -0.25) is 0 Å². The summed E-state index contributed by atoms with van der Waals surface area (Å²) < 4.78 is 13.0. The van der Waals surface area contributed by atoms with E-state index in [1.54, 1.807) is 0 Å². The van der Waals surface area contributed by atoms with E-state index in [1.807, 2.05) is 13.8 Å². The van der Waals surface area contributed by atoms with E-state index in [0.717, 1.165) is 35.4 Å². The third-order valence-electron chi connectivity index (χ3n) is 3.90. The highest BCUT2D eigenvalue weighted by Gasteiger charge is 2.27. The van der Waals surface area contributed by atoms with Crippen molar-refractivity contribution >= 4 is 15.9 Å². The minimum Gasteiger partial charge on any atom is -0.490 e. The summed E-state index contributed by atoms with van der Waals surface area (Å²) in [6.45, 7) is 8.48. The Labute approximate surface area is 136 Å². The highest BCUT2D eigenvalue weighted by Crippen LogP contribution is 2.45. The van der Waals surface area contributed by atoms with E-state index >= 15 is 0 Å². The molecule has 0 bridgehead atoms. The van der Waals surface area contributed by atoms with Gasteiger partial charge < -0.3 is 14.8 Å². The maximum absolute atomic E-state index is 5.99. The van der Waals surface area contributed by atoms with Crippen LogP contribution in [0, 0.1) is 0 Å². The molecule has 0 saturated carbocycles. The number of rotatable bonds is 6. The molecule has 3 nitrogen and oxygen atoms in total. The van der Waals surface area contributed by atoms with E-state index in [1.165, 1.54) is 24.0 Å². The number of ether oxygens (including phenoxy) is 2. The summed E-state index contributed by atoms with van der Waals surface area (Å²) in [4.78, 5) is 0. The first-order valence-electron chi connectivity index (χ1n) is 8.07. The van der Waals surface area contributed by atoms with Gasteiger partial charge in [-0.2, -0.15) is 0 Å². The minimum atomic E-state index is 0.353. The monoisotopic (exact) mass is 355 g/mol. The van der Waals surface area contributed by atoms with Crippen molar-refractivity contribution in [2.24, 2.45) is 0 Å². The summed E-state index contributed by atoms with van der Waals surface area (Å²) in [7, 11) is 0. The zero-order chi connectivity index (χ0) is 15.2. The van der Waals surface area contributed by atoms with Gasteiger partial charge in [-0.1, -0.05) is 29.3 Å². The first-order chi connectivity index (χ1) is 10.2. The first-order valence-corrected chi connectivity index (χ1v) is 8.86. The van der Waals surface area contributed by atoms with Crippen LogP contribution in [0.2, 0.25) is 0 Å². The molecule has 118 valence electrons. The van der Waals surface area contributed by atoms with Crippen LogP contribution in [0.4, 0.5) is 0 Å². The molecule has 0 amide bonds. The number of fused-ring (bicyclic) bond motifs is 1. The van der Waals surface area contributed by atoms with Crippen molar-refractivity contribution in [1.82, 2.24) is 5.32 Å². The van der Waals surface area contributed by atoms with Crippen molar-refractivity contribution < 1.29 is 9.47 Å². The summed E-state index contributed by atoms with van der Waals surface area (Å²) in [5, 5.41) is 3.62. The van der Waals surface area contributed by atoms with Gasteiger partial charge in [0, 0.05) is 16.1 Å². The Morgan fingerprint density at radius 3 is 2.62 bits per heavy atom. The Morgan fingerprint density at radius 1 is 1.19 bits per heavy atom. The summed E-state index contributed by atoms with van der Waals surface area (Å²) in [5.74, 6) is 1.79. The molecule has 1 N–H and O–H groups in total. The molecule has 0 spiro atoms. The second-order valence-corrected chi connectivity index (χ2v) is 6.15. The quantitative estimate of drug-likeness (QED) is 0.755. The van der Waals surface area contributed by atoms with Crippen LogP contribution in [0.1, 0.15) is 57.2 Å². The lowest BCUT2D eigenvalue weighted by molar-refractivity contribution is 0.281. The van der Waals surface area contributed by atoms with Crippen LogP contribution in [0.15, 0.2) is 10.5 Å². The predicted molar refractivity (Wildman–Crippen MR) is 90.5 cm³/mol. The fourth-order valence-corrected chi connectivity index (χ4v) is 3.71. The number of hydrogen-bond donors (Lipinski definition) is 1. The first kappa shape index (κ1) is 16.6. The molecule has 0 fully saturated rings. The van der Waals surface area contributed by atoms with Gasteiger partial charge in [0.1, 0.15) is 0 Å². The van der Waals surface area contributed by atoms with Crippen molar-refractivity contribution in [2.45, 2.75) is 52.5 Å². The second-order valence-electron chi connectivity index (χ2n) is 5.30. The van der Waals surface area contributed by atoms with Crippen LogP contribution in [-0.4, -0.2) is 19.8 Å². The molecule has 0 heterocycles. The molecular formula is C17H26BrNO2. The third-order valence-corrected chi connectivity index (χ3v) is 4.60. The Hall–Kier alpha value is -0.740. The van der Waals surface area contributed by atoms with Crippen molar-refractivity contribution in [3.63, 3.8) is 0 Å². The molecule has 0 aliphatic heterocycles. The second kappa shape index (κ2) is 8.04. The summed E-state index contributed by atoms with van der Waals surface area (Å²) >= 11 is 3.74. The van der Waals surface area contributed by atoms with Gasteiger partial charge in [0.2, 0.25) is 0 Å². The van der Waals surface area contributed by atoms with Gasteiger partial charge in [0.15, 0.2) is 11.5 Å². The van der Waals surface area contributed by atoms with Crippen LogP contribution in [-0.2, 0) is 6.42 Å². The van der Waals surface area contributed by atoms with Gasteiger partial charge in [-0.15, -0.1) is 0 Å². The minimum absolute atomic E-state index is 0.353. The molecule has 1 aromatic rings. The normalized spacial score (nSPS) is 18.0. The molecule has 21 heavy (non-hydrogen) atoms. The number of hydrogen-bond acceptors (Lipinski definition) is 3. The Balaban J connectivity index is 2.57. The fraction of sp³-hybridized carbons (Fsp3) is 0.647. The zero-order valence-electron chi connectivity index (χ0n) is 13.3. The average molecular weight is 356 g/mol. The van der Waals surface area contributed by atoms with Gasteiger partial charge in [0.25, 0.3) is 0 Å². The van der Waals surface area contributed by atoms with Gasteiger partial charge in [-0.25, -0.2) is 0 Å². The maximum atomic E-state index is 5.99. The molecule has 0 saturated heterocycles. The molecule has 1 aliphatic carbocycles. The molecule has 0 radical (unpaired) electrons. The lowest BCUT2D eigenvalue weighted by Crippen LogP contribution is -2.22. The summed E-state index contributed by atoms with van der Waals surface area (Å²) in [6, 6.07) is 2.42. The van der Waals surface area contributed by atoms with Crippen molar-refractivity contribution in [2.75, 3.05) is 19.8 Å². The molecule has 2 rings (SSSR count). The molecule has 0 aromatic heterocycles. The van der Waals surface area contributed by atoms with E-state index in [2.05, 4.69) is 34.2 Å². The van der Waals surface area contributed by atoms with E-state index in [0.29, 0.717) is 19.3 Å². The lowest BCUT2D eigenvalue weighted by atomic mass is 9.97. The highest BCUT2D eigenvalue weighted by atomic mass is 79.9. The van der Waals surface area contributed by atoms with Crippen LogP contribution in [0.25, 0.3) is 0 Å². The predicted octanol–water partition coefficient (Wildman–Crippen LogP) is 4.62.